The highest BCUT2D eigenvalue weighted by molar-refractivity contribution is 5.22. The van der Waals surface area contributed by atoms with E-state index in [0.29, 0.717) is 5.69 Å². The maximum absolute atomic E-state index is 8.71. The van der Waals surface area contributed by atoms with Gasteiger partial charge in [0.05, 0.1) is 5.69 Å². The molecule has 15 heavy (non-hydrogen) atoms. The van der Waals surface area contributed by atoms with Crippen molar-refractivity contribution < 1.29 is 0 Å². The lowest BCUT2D eigenvalue weighted by atomic mass is 10.1. The summed E-state index contributed by atoms with van der Waals surface area (Å²) in [6.07, 6.45) is 6.21. The number of hydrogen-bond acceptors (Lipinski definition) is 3. The number of rotatable bonds is 6. The van der Waals surface area contributed by atoms with Crippen LogP contribution < -0.4 is 0 Å². The Bertz CT molecular complexity index is 335. The van der Waals surface area contributed by atoms with Crippen molar-refractivity contribution in [3.8, 4) is 6.07 Å². The third-order valence-electron chi connectivity index (χ3n) is 2.56. The number of aromatic nitrogens is 3. The lowest BCUT2D eigenvalue weighted by Crippen LogP contribution is -2.02. The predicted octanol–water partition coefficient (Wildman–Crippen LogP) is 2.43. The number of nitriles is 1. The molecule has 0 aromatic carbocycles. The van der Waals surface area contributed by atoms with E-state index in [0.717, 1.165) is 18.7 Å². The second-order valence-corrected chi connectivity index (χ2v) is 3.77. The summed E-state index contributed by atoms with van der Waals surface area (Å²) in [5, 5.41) is 16.5. The molecule has 0 bridgehead atoms. The van der Waals surface area contributed by atoms with Gasteiger partial charge in [-0.1, -0.05) is 37.8 Å². The fourth-order valence-electron chi connectivity index (χ4n) is 1.54. The van der Waals surface area contributed by atoms with Gasteiger partial charge >= 0.3 is 0 Å². The standard InChI is InChI=1S/C11H18N4/c1-3-4-5-6-7-8-15-10(2)11(9-12)13-14-15/h3-8H2,1-2H3. The lowest BCUT2D eigenvalue weighted by Gasteiger charge is -2.02. The van der Waals surface area contributed by atoms with Crippen molar-refractivity contribution in [2.45, 2.75) is 52.5 Å². The van der Waals surface area contributed by atoms with E-state index in [2.05, 4.69) is 17.2 Å². The van der Waals surface area contributed by atoms with Gasteiger partial charge in [-0.15, -0.1) is 5.10 Å². The minimum atomic E-state index is 0.448. The summed E-state index contributed by atoms with van der Waals surface area (Å²) in [5.41, 5.74) is 1.33. The van der Waals surface area contributed by atoms with Crippen LogP contribution in [0.2, 0.25) is 0 Å². The number of hydrogen-bond donors (Lipinski definition) is 0. The van der Waals surface area contributed by atoms with E-state index in [1.165, 1.54) is 25.7 Å². The molecule has 1 aromatic heterocycles. The third-order valence-corrected chi connectivity index (χ3v) is 2.56. The first kappa shape index (κ1) is 11.7. The summed E-state index contributed by atoms with van der Waals surface area (Å²) in [5.74, 6) is 0. The minimum Gasteiger partial charge on any atom is -0.248 e. The van der Waals surface area contributed by atoms with Gasteiger partial charge in [-0.25, -0.2) is 4.68 Å². The normalized spacial score (nSPS) is 10.2. The Labute approximate surface area is 90.9 Å². The summed E-state index contributed by atoms with van der Waals surface area (Å²) in [7, 11) is 0. The molecular weight excluding hydrogens is 188 g/mol. The molecule has 0 amide bonds. The molecule has 0 radical (unpaired) electrons. The third kappa shape index (κ3) is 3.35. The van der Waals surface area contributed by atoms with Crippen molar-refractivity contribution >= 4 is 0 Å². The molecule has 0 saturated carbocycles. The predicted molar refractivity (Wildman–Crippen MR) is 58.2 cm³/mol. The molecule has 0 aliphatic rings. The van der Waals surface area contributed by atoms with Crippen molar-refractivity contribution in [2.24, 2.45) is 0 Å². The highest BCUT2D eigenvalue weighted by Crippen LogP contribution is 2.06. The van der Waals surface area contributed by atoms with Crippen molar-refractivity contribution in [1.29, 1.82) is 5.26 Å². The van der Waals surface area contributed by atoms with Crippen LogP contribution in [0.15, 0.2) is 0 Å². The highest BCUT2D eigenvalue weighted by atomic mass is 15.4. The van der Waals surface area contributed by atoms with E-state index in [4.69, 9.17) is 5.26 Å². The number of unbranched alkanes of at least 4 members (excludes halogenated alkanes) is 4. The molecule has 4 nitrogen and oxygen atoms in total. The molecule has 0 aliphatic carbocycles. The zero-order valence-corrected chi connectivity index (χ0v) is 9.53. The van der Waals surface area contributed by atoms with Crippen LogP contribution in [0.1, 0.15) is 50.4 Å². The van der Waals surface area contributed by atoms with Gasteiger partial charge in [0.1, 0.15) is 6.07 Å². The van der Waals surface area contributed by atoms with Crippen LogP contribution in [0, 0.1) is 18.3 Å². The maximum Gasteiger partial charge on any atom is 0.185 e. The van der Waals surface area contributed by atoms with Gasteiger partial charge < -0.3 is 0 Å². The molecule has 1 rings (SSSR count). The van der Waals surface area contributed by atoms with Gasteiger partial charge in [-0.3, -0.25) is 0 Å². The van der Waals surface area contributed by atoms with Crippen LogP contribution in [-0.4, -0.2) is 15.0 Å². The van der Waals surface area contributed by atoms with E-state index in [1.54, 1.807) is 0 Å². The highest BCUT2D eigenvalue weighted by Gasteiger charge is 2.06. The average molecular weight is 206 g/mol. The lowest BCUT2D eigenvalue weighted by molar-refractivity contribution is 0.513. The zero-order chi connectivity index (χ0) is 11.1. The van der Waals surface area contributed by atoms with Crippen molar-refractivity contribution in [2.75, 3.05) is 0 Å². The monoisotopic (exact) mass is 206 g/mol. The maximum atomic E-state index is 8.71. The second-order valence-electron chi connectivity index (χ2n) is 3.77. The van der Waals surface area contributed by atoms with Crippen LogP contribution in [0.25, 0.3) is 0 Å². The smallest absolute Gasteiger partial charge is 0.185 e. The minimum absolute atomic E-state index is 0.448. The van der Waals surface area contributed by atoms with Crippen LogP contribution in [0.5, 0.6) is 0 Å². The topological polar surface area (TPSA) is 54.5 Å². The van der Waals surface area contributed by atoms with Gasteiger partial charge in [0.25, 0.3) is 0 Å². The fourth-order valence-corrected chi connectivity index (χ4v) is 1.54. The van der Waals surface area contributed by atoms with E-state index in [1.807, 2.05) is 17.7 Å². The average Bonchev–Trinajstić information content (AvgIpc) is 2.60. The first-order valence-electron chi connectivity index (χ1n) is 5.59. The molecule has 0 fully saturated rings. The van der Waals surface area contributed by atoms with Gasteiger partial charge in [-0.2, -0.15) is 5.26 Å². The van der Waals surface area contributed by atoms with Gasteiger partial charge in [-0.05, 0) is 13.3 Å². The first-order chi connectivity index (χ1) is 7.29. The van der Waals surface area contributed by atoms with E-state index < -0.39 is 0 Å². The molecule has 1 heterocycles. The van der Waals surface area contributed by atoms with Crippen LogP contribution in [-0.2, 0) is 6.54 Å². The number of aryl methyl sites for hydroxylation is 1. The zero-order valence-electron chi connectivity index (χ0n) is 9.53. The Morgan fingerprint density at radius 2 is 2.00 bits per heavy atom. The molecule has 1 aromatic rings. The molecule has 0 unspecified atom stereocenters. The summed E-state index contributed by atoms with van der Waals surface area (Å²) >= 11 is 0. The summed E-state index contributed by atoms with van der Waals surface area (Å²) in [6.45, 7) is 4.98. The summed E-state index contributed by atoms with van der Waals surface area (Å²) < 4.78 is 1.82. The molecule has 0 spiro atoms. The van der Waals surface area contributed by atoms with Crippen molar-refractivity contribution in [3.05, 3.63) is 11.4 Å². The van der Waals surface area contributed by atoms with Gasteiger partial charge in [0.15, 0.2) is 5.69 Å². The molecule has 0 N–H and O–H groups in total. The largest absolute Gasteiger partial charge is 0.248 e. The SMILES string of the molecule is CCCCCCCn1nnc(C#N)c1C. The Balaban J connectivity index is 2.32. The Morgan fingerprint density at radius 3 is 2.60 bits per heavy atom. The van der Waals surface area contributed by atoms with Crippen LogP contribution in [0.4, 0.5) is 0 Å². The molecular formula is C11H18N4. The molecule has 0 atom stereocenters. The van der Waals surface area contributed by atoms with Crippen LogP contribution >= 0.6 is 0 Å². The van der Waals surface area contributed by atoms with Crippen molar-refractivity contribution in [1.82, 2.24) is 15.0 Å². The van der Waals surface area contributed by atoms with Crippen LogP contribution in [0.3, 0.4) is 0 Å². The number of nitrogens with zero attached hydrogens (tertiary/aromatic N) is 4. The molecule has 4 heteroatoms. The first-order valence-corrected chi connectivity index (χ1v) is 5.59. The summed E-state index contributed by atoms with van der Waals surface area (Å²) in [4.78, 5) is 0. The fraction of sp³-hybridized carbons (Fsp3) is 0.727. The molecule has 0 saturated heterocycles. The Hall–Kier alpha value is -1.37. The summed E-state index contributed by atoms with van der Waals surface area (Å²) in [6, 6.07) is 2.03. The Morgan fingerprint density at radius 1 is 1.27 bits per heavy atom. The van der Waals surface area contributed by atoms with E-state index in [9.17, 15) is 0 Å². The molecule has 82 valence electrons. The van der Waals surface area contributed by atoms with Gasteiger partial charge in [0, 0.05) is 6.54 Å². The Kier molecular flexibility index (Phi) is 4.82. The van der Waals surface area contributed by atoms with Crippen molar-refractivity contribution in [3.63, 3.8) is 0 Å². The molecule has 0 aliphatic heterocycles. The van der Waals surface area contributed by atoms with E-state index in [-0.39, 0.29) is 0 Å². The van der Waals surface area contributed by atoms with E-state index >= 15 is 0 Å². The second kappa shape index (κ2) is 6.18. The van der Waals surface area contributed by atoms with Gasteiger partial charge in [0.2, 0.25) is 0 Å². The quantitative estimate of drug-likeness (QED) is 0.672.